The van der Waals surface area contributed by atoms with Gasteiger partial charge in [-0.25, -0.2) is 14.2 Å². The Labute approximate surface area is 259 Å². The Bertz CT molecular complexity index is 2110. The molecule has 0 radical (unpaired) electrons. The molecule has 1 amide bonds. The van der Waals surface area contributed by atoms with E-state index in [0.29, 0.717) is 28.1 Å². The summed E-state index contributed by atoms with van der Waals surface area (Å²) >= 11 is 1.04. The first-order valence-electron chi connectivity index (χ1n) is 13.8. The number of para-hydroxylation sites is 1. The zero-order valence-electron chi connectivity index (χ0n) is 24.6. The van der Waals surface area contributed by atoms with Crippen LogP contribution in [0.5, 0.6) is 11.5 Å². The molecule has 12 heteroatoms. The highest BCUT2D eigenvalue weighted by atomic mass is 32.1. The number of thiazole rings is 1. The summed E-state index contributed by atoms with van der Waals surface area (Å²) in [6.45, 7) is 3.07. The van der Waals surface area contributed by atoms with Gasteiger partial charge in [-0.15, -0.1) is 0 Å². The summed E-state index contributed by atoms with van der Waals surface area (Å²) in [6.07, 6.45) is 0. The van der Waals surface area contributed by atoms with Gasteiger partial charge in [-0.1, -0.05) is 47.7 Å². The number of hydrogen-bond acceptors (Lipinski definition) is 9. The molecule has 10 nitrogen and oxygen atoms in total. The van der Waals surface area contributed by atoms with Crippen LogP contribution in [0.15, 0.2) is 87.8 Å². The van der Waals surface area contributed by atoms with Gasteiger partial charge < -0.3 is 19.1 Å². The lowest BCUT2D eigenvalue weighted by atomic mass is 9.95. The van der Waals surface area contributed by atoms with E-state index in [-0.39, 0.29) is 44.3 Å². The average Bonchev–Trinajstić information content (AvgIpc) is 3.49. The van der Waals surface area contributed by atoms with Gasteiger partial charge in [0.2, 0.25) is 0 Å². The van der Waals surface area contributed by atoms with Crippen molar-refractivity contribution in [1.29, 1.82) is 0 Å². The molecule has 0 bridgehead atoms. The minimum atomic E-state index is -0.995. The number of halogens is 1. The molecule has 0 saturated heterocycles. The molecule has 0 aliphatic carbocycles. The van der Waals surface area contributed by atoms with Crippen molar-refractivity contribution in [2.75, 3.05) is 19.1 Å². The summed E-state index contributed by atoms with van der Waals surface area (Å²) in [7, 11) is 2.64. The van der Waals surface area contributed by atoms with Crippen molar-refractivity contribution in [1.82, 2.24) is 4.57 Å². The van der Waals surface area contributed by atoms with Crippen molar-refractivity contribution in [2.45, 2.75) is 26.4 Å². The number of aromatic nitrogens is 1. The molecule has 3 aromatic carbocycles. The minimum absolute atomic E-state index is 0.125. The van der Waals surface area contributed by atoms with Crippen LogP contribution >= 0.6 is 11.3 Å². The first-order valence-corrected chi connectivity index (χ1v) is 14.6. The summed E-state index contributed by atoms with van der Waals surface area (Å²) in [6, 6.07) is 16.7. The molecule has 1 aromatic heterocycles. The zero-order chi connectivity index (χ0) is 32.0. The van der Waals surface area contributed by atoms with E-state index in [1.807, 2.05) is 0 Å². The van der Waals surface area contributed by atoms with E-state index in [1.165, 1.54) is 43.9 Å². The van der Waals surface area contributed by atoms with Gasteiger partial charge in [0.15, 0.2) is 16.3 Å². The maximum Gasteiger partial charge on any atom is 0.338 e. The Morgan fingerprint density at radius 3 is 2.42 bits per heavy atom. The van der Waals surface area contributed by atoms with Crippen molar-refractivity contribution in [2.24, 2.45) is 4.99 Å². The molecule has 6 rings (SSSR count). The van der Waals surface area contributed by atoms with Crippen LogP contribution in [0, 0.1) is 5.82 Å². The van der Waals surface area contributed by atoms with Crippen molar-refractivity contribution in [3.8, 4) is 11.5 Å². The lowest BCUT2D eigenvalue weighted by Crippen LogP contribution is -2.40. The minimum Gasteiger partial charge on any atom is -0.493 e. The molecule has 4 aromatic rings. The summed E-state index contributed by atoms with van der Waals surface area (Å²) in [5.74, 6) is -1.63. The molecule has 228 valence electrons. The molecule has 0 fully saturated rings. The summed E-state index contributed by atoms with van der Waals surface area (Å²) in [5, 5.41) is 0. The van der Waals surface area contributed by atoms with Crippen LogP contribution in [0.3, 0.4) is 0 Å². The topological polar surface area (TPSA) is 117 Å². The molecule has 0 saturated carbocycles. The van der Waals surface area contributed by atoms with Crippen molar-refractivity contribution >= 4 is 40.4 Å². The number of benzene rings is 3. The van der Waals surface area contributed by atoms with E-state index in [9.17, 15) is 23.6 Å². The molecule has 3 heterocycles. The third kappa shape index (κ3) is 5.12. The molecule has 45 heavy (non-hydrogen) atoms. The van der Waals surface area contributed by atoms with E-state index in [4.69, 9.17) is 14.2 Å². The van der Waals surface area contributed by atoms with Crippen LogP contribution in [-0.4, -0.2) is 36.6 Å². The van der Waals surface area contributed by atoms with Gasteiger partial charge in [0.1, 0.15) is 10.3 Å². The smallest absolute Gasteiger partial charge is 0.338 e. The quantitative estimate of drug-likeness (QED) is 0.238. The molecule has 2 aliphatic rings. The van der Waals surface area contributed by atoms with Gasteiger partial charge in [0.05, 0.1) is 49.3 Å². The fourth-order valence-electron chi connectivity index (χ4n) is 5.58. The highest BCUT2D eigenvalue weighted by Gasteiger charge is 2.37. The Kier molecular flexibility index (Phi) is 7.67. The number of nitrogens with zero attached hydrogens (tertiary/aromatic N) is 3. The number of hydrogen-bond donors (Lipinski definition) is 0. The van der Waals surface area contributed by atoms with E-state index < -0.39 is 29.4 Å². The number of allylic oxidation sites excluding steroid dienone is 1. The Hall–Kier alpha value is -5.36. The van der Waals surface area contributed by atoms with E-state index >= 15 is 0 Å². The Morgan fingerprint density at radius 2 is 1.73 bits per heavy atom. The second kappa shape index (κ2) is 11.6. The number of ether oxygens (including phenoxy) is 3. The van der Waals surface area contributed by atoms with E-state index in [0.717, 1.165) is 11.3 Å². The Morgan fingerprint density at radius 1 is 1.00 bits per heavy atom. The second-order valence-corrected chi connectivity index (χ2v) is 11.3. The number of carbonyl (C=O) groups excluding carboxylic acids is 3. The van der Waals surface area contributed by atoms with Crippen LogP contribution in [0.4, 0.5) is 10.1 Å². The molecule has 0 spiro atoms. The average molecular weight is 628 g/mol. The first-order chi connectivity index (χ1) is 21.6. The SMILES string of the molecule is COC(=O)C1=C(C)N=c2s/c(=C3\C(=O)N(Cc4ccc(F)cc4)c4ccccc43)c(=O)n2[C@@H]1c1ccc(OC(C)=O)c(OC)c1. The predicted molar refractivity (Wildman–Crippen MR) is 163 cm³/mol. The Balaban J connectivity index is 1.56. The van der Waals surface area contributed by atoms with Gasteiger partial charge in [-0.3, -0.25) is 19.0 Å². The fourth-order valence-corrected chi connectivity index (χ4v) is 6.72. The molecule has 0 unspecified atom stereocenters. The van der Waals surface area contributed by atoms with Crippen molar-refractivity contribution in [3.63, 3.8) is 0 Å². The first kappa shape index (κ1) is 29.7. The number of esters is 2. The molecule has 0 N–H and O–H groups in total. The highest BCUT2D eigenvalue weighted by Crippen LogP contribution is 2.38. The van der Waals surface area contributed by atoms with E-state index in [2.05, 4.69) is 4.99 Å². The van der Waals surface area contributed by atoms with Crippen LogP contribution < -0.4 is 29.3 Å². The standard InChI is InChI=1S/C33H26FN3O7S/c1-17-26(32(41)43-4)28(20-11-14-24(44-18(2)38)25(15-20)42-3)37-31(40)29(45-33(37)35-17)27-22-7-5-6-8-23(22)36(30(27)39)16-19-9-12-21(34)13-10-19/h5-15,28H,16H2,1-4H3/b29-27-/t28-/m1/s1. The third-order valence-electron chi connectivity index (χ3n) is 7.56. The summed E-state index contributed by atoms with van der Waals surface area (Å²) < 4.78 is 30.9. The van der Waals surface area contributed by atoms with Gasteiger partial charge >= 0.3 is 11.9 Å². The van der Waals surface area contributed by atoms with Crippen LogP contribution in [0.25, 0.3) is 5.57 Å². The monoisotopic (exact) mass is 627 g/mol. The second-order valence-electron chi connectivity index (χ2n) is 10.3. The van der Waals surface area contributed by atoms with Gasteiger partial charge in [-0.05, 0) is 48.4 Å². The van der Waals surface area contributed by atoms with Gasteiger partial charge in [-0.2, -0.15) is 0 Å². The summed E-state index contributed by atoms with van der Waals surface area (Å²) in [4.78, 5) is 59.6. The fraction of sp³-hybridized carbons (Fsp3) is 0.182. The predicted octanol–water partition coefficient (Wildman–Crippen LogP) is 3.40. The number of methoxy groups -OCH3 is 2. The van der Waals surface area contributed by atoms with Crippen LogP contribution in [0.1, 0.15) is 36.6 Å². The lowest BCUT2D eigenvalue weighted by molar-refractivity contribution is -0.136. The molecule has 1 atom stereocenters. The molecular weight excluding hydrogens is 601 g/mol. The largest absolute Gasteiger partial charge is 0.493 e. The summed E-state index contributed by atoms with van der Waals surface area (Å²) in [5.41, 5.74) is 2.51. The van der Waals surface area contributed by atoms with Crippen LogP contribution in [0.2, 0.25) is 0 Å². The maximum atomic E-state index is 14.4. The lowest BCUT2D eigenvalue weighted by Gasteiger charge is -2.25. The third-order valence-corrected chi connectivity index (χ3v) is 8.62. The number of fused-ring (bicyclic) bond motifs is 2. The number of rotatable bonds is 6. The highest BCUT2D eigenvalue weighted by molar-refractivity contribution is 7.07. The number of anilines is 1. The van der Waals surface area contributed by atoms with Gasteiger partial charge in [0, 0.05) is 12.5 Å². The maximum absolute atomic E-state index is 14.4. The number of carbonyl (C=O) groups is 3. The van der Waals surface area contributed by atoms with Gasteiger partial charge in [0.25, 0.3) is 11.5 Å². The van der Waals surface area contributed by atoms with Crippen molar-refractivity contribution in [3.05, 3.63) is 120 Å². The number of amides is 1. The zero-order valence-corrected chi connectivity index (χ0v) is 25.4. The van der Waals surface area contributed by atoms with Crippen LogP contribution in [-0.2, 0) is 25.7 Å². The van der Waals surface area contributed by atoms with Crippen molar-refractivity contribution < 1.29 is 33.0 Å². The molecular formula is C33H26FN3O7S. The van der Waals surface area contributed by atoms with E-state index in [1.54, 1.807) is 60.4 Å². The normalized spacial score (nSPS) is 16.6. The molecule has 2 aliphatic heterocycles.